The molecule has 2 aliphatic carbocycles. The van der Waals surface area contributed by atoms with E-state index in [0.717, 1.165) is 25.7 Å². The van der Waals surface area contributed by atoms with Crippen molar-refractivity contribution in [2.75, 3.05) is 6.61 Å². The van der Waals surface area contributed by atoms with Crippen molar-refractivity contribution in [2.45, 2.75) is 65.4 Å². The standard InChI is InChI=1S/C16H26O4/c1-4-13(17)19-10-12-14(16(12,2)3)15(18)20-11-8-6-5-7-9-11/h11-12,14H,4-10H2,1-3H3. The average molecular weight is 282 g/mol. The van der Waals surface area contributed by atoms with E-state index >= 15 is 0 Å². The molecular weight excluding hydrogens is 256 g/mol. The van der Waals surface area contributed by atoms with Crippen LogP contribution in [0.15, 0.2) is 0 Å². The van der Waals surface area contributed by atoms with Crippen LogP contribution in [0.2, 0.25) is 0 Å². The van der Waals surface area contributed by atoms with Gasteiger partial charge in [-0.05, 0) is 31.1 Å². The van der Waals surface area contributed by atoms with Crippen molar-refractivity contribution in [3.63, 3.8) is 0 Å². The molecule has 0 radical (unpaired) electrons. The predicted octanol–water partition coefficient (Wildman–Crippen LogP) is 3.09. The van der Waals surface area contributed by atoms with Gasteiger partial charge in [-0.3, -0.25) is 9.59 Å². The fraction of sp³-hybridized carbons (Fsp3) is 0.875. The molecule has 0 aromatic rings. The van der Waals surface area contributed by atoms with Crippen molar-refractivity contribution in [1.29, 1.82) is 0 Å². The highest BCUT2D eigenvalue weighted by molar-refractivity contribution is 5.78. The highest BCUT2D eigenvalue weighted by atomic mass is 16.5. The molecule has 20 heavy (non-hydrogen) atoms. The first-order valence-corrected chi connectivity index (χ1v) is 7.83. The molecule has 2 unspecified atom stereocenters. The molecule has 0 heterocycles. The number of hydrogen-bond acceptors (Lipinski definition) is 4. The molecule has 0 N–H and O–H groups in total. The Morgan fingerprint density at radius 1 is 1.15 bits per heavy atom. The van der Waals surface area contributed by atoms with Crippen molar-refractivity contribution in [3.8, 4) is 0 Å². The molecule has 0 aromatic carbocycles. The summed E-state index contributed by atoms with van der Waals surface area (Å²) in [5.74, 6) is -0.310. The van der Waals surface area contributed by atoms with Gasteiger partial charge < -0.3 is 9.47 Å². The molecule has 2 rings (SSSR count). The largest absolute Gasteiger partial charge is 0.465 e. The molecular formula is C16H26O4. The molecule has 2 aliphatic rings. The summed E-state index contributed by atoms with van der Waals surface area (Å²) in [5.41, 5.74) is -0.111. The molecule has 0 amide bonds. The highest BCUT2D eigenvalue weighted by Gasteiger charge is 2.63. The SMILES string of the molecule is CCC(=O)OCC1C(C(=O)OC2CCCCC2)C1(C)C. The third-order valence-electron chi connectivity index (χ3n) is 4.85. The zero-order valence-electron chi connectivity index (χ0n) is 12.8. The Kier molecular flexibility index (Phi) is 4.71. The van der Waals surface area contributed by atoms with E-state index in [9.17, 15) is 9.59 Å². The summed E-state index contributed by atoms with van der Waals surface area (Å²) in [4.78, 5) is 23.5. The minimum absolute atomic E-state index is 0.0977. The van der Waals surface area contributed by atoms with Gasteiger partial charge in [-0.15, -0.1) is 0 Å². The van der Waals surface area contributed by atoms with Crippen molar-refractivity contribution < 1.29 is 19.1 Å². The molecule has 0 aromatic heterocycles. The van der Waals surface area contributed by atoms with Crippen LogP contribution >= 0.6 is 0 Å². The topological polar surface area (TPSA) is 52.6 Å². The Morgan fingerprint density at radius 2 is 1.80 bits per heavy atom. The molecule has 2 fully saturated rings. The smallest absolute Gasteiger partial charge is 0.310 e. The number of ether oxygens (including phenoxy) is 2. The lowest BCUT2D eigenvalue weighted by molar-refractivity contribution is -0.154. The quantitative estimate of drug-likeness (QED) is 0.727. The second kappa shape index (κ2) is 6.15. The minimum Gasteiger partial charge on any atom is -0.465 e. The van der Waals surface area contributed by atoms with E-state index in [2.05, 4.69) is 0 Å². The maximum absolute atomic E-state index is 12.3. The van der Waals surface area contributed by atoms with Gasteiger partial charge in [-0.25, -0.2) is 0 Å². The number of carbonyl (C=O) groups is 2. The summed E-state index contributed by atoms with van der Waals surface area (Å²) in [6, 6.07) is 0. The number of esters is 2. The first kappa shape index (κ1) is 15.3. The zero-order chi connectivity index (χ0) is 14.8. The maximum atomic E-state index is 12.3. The third-order valence-corrected chi connectivity index (χ3v) is 4.85. The molecule has 0 aliphatic heterocycles. The van der Waals surface area contributed by atoms with Crippen molar-refractivity contribution in [1.82, 2.24) is 0 Å². The number of carbonyl (C=O) groups excluding carboxylic acids is 2. The van der Waals surface area contributed by atoms with Crippen molar-refractivity contribution in [3.05, 3.63) is 0 Å². The predicted molar refractivity (Wildman–Crippen MR) is 75.0 cm³/mol. The van der Waals surface area contributed by atoms with Gasteiger partial charge in [0, 0.05) is 12.3 Å². The van der Waals surface area contributed by atoms with Crippen LogP contribution in [0.4, 0.5) is 0 Å². The first-order chi connectivity index (χ1) is 9.46. The summed E-state index contributed by atoms with van der Waals surface area (Å²) in [6.45, 7) is 6.20. The lowest BCUT2D eigenvalue weighted by atomic mass is 9.98. The lowest BCUT2D eigenvalue weighted by Crippen LogP contribution is -2.23. The lowest BCUT2D eigenvalue weighted by Gasteiger charge is -2.22. The van der Waals surface area contributed by atoms with Crippen LogP contribution in [-0.4, -0.2) is 24.6 Å². The van der Waals surface area contributed by atoms with Crippen LogP contribution in [-0.2, 0) is 19.1 Å². The maximum Gasteiger partial charge on any atom is 0.310 e. The number of rotatable bonds is 5. The number of hydrogen-bond donors (Lipinski definition) is 0. The van der Waals surface area contributed by atoms with Crippen LogP contribution in [0.25, 0.3) is 0 Å². The van der Waals surface area contributed by atoms with Crippen LogP contribution in [0.5, 0.6) is 0 Å². The van der Waals surface area contributed by atoms with Crippen molar-refractivity contribution >= 4 is 11.9 Å². The van der Waals surface area contributed by atoms with E-state index < -0.39 is 0 Å². The summed E-state index contributed by atoms with van der Waals surface area (Å²) in [5, 5.41) is 0. The minimum atomic E-state index is -0.202. The Bertz CT molecular complexity index is 369. The fourth-order valence-corrected chi connectivity index (χ4v) is 3.23. The monoisotopic (exact) mass is 282 g/mol. The highest BCUT2D eigenvalue weighted by Crippen LogP contribution is 2.59. The summed E-state index contributed by atoms with van der Waals surface area (Å²) in [7, 11) is 0. The molecule has 2 saturated carbocycles. The molecule has 2 atom stereocenters. The Labute approximate surface area is 121 Å². The normalized spacial score (nSPS) is 28.8. The molecule has 0 spiro atoms. The second-order valence-corrected chi connectivity index (χ2v) is 6.64. The zero-order valence-corrected chi connectivity index (χ0v) is 12.8. The summed E-state index contributed by atoms with van der Waals surface area (Å²) < 4.78 is 10.8. The summed E-state index contributed by atoms with van der Waals surface area (Å²) in [6.07, 6.45) is 6.03. The van der Waals surface area contributed by atoms with Gasteiger partial charge in [0.15, 0.2) is 0 Å². The van der Waals surface area contributed by atoms with E-state index in [0.29, 0.717) is 13.0 Å². The van der Waals surface area contributed by atoms with Crippen LogP contribution in [0.3, 0.4) is 0 Å². The Balaban J connectivity index is 1.81. The van der Waals surface area contributed by atoms with E-state index in [1.807, 2.05) is 13.8 Å². The van der Waals surface area contributed by atoms with Crippen LogP contribution in [0.1, 0.15) is 59.3 Å². The van der Waals surface area contributed by atoms with E-state index in [-0.39, 0.29) is 35.3 Å². The molecule has 4 heteroatoms. The average Bonchev–Trinajstić information content (AvgIpc) is 2.98. The first-order valence-electron chi connectivity index (χ1n) is 7.83. The fourth-order valence-electron chi connectivity index (χ4n) is 3.23. The van der Waals surface area contributed by atoms with Gasteiger partial charge in [0.2, 0.25) is 0 Å². The van der Waals surface area contributed by atoms with Crippen molar-refractivity contribution in [2.24, 2.45) is 17.3 Å². The summed E-state index contributed by atoms with van der Waals surface area (Å²) >= 11 is 0. The van der Waals surface area contributed by atoms with Crippen LogP contribution in [0, 0.1) is 17.3 Å². The Morgan fingerprint density at radius 3 is 2.40 bits per heavy atom. The molecule has 0 saturated heterocycles. The van der Waals surface area contributed by atoms with E-state index in [4.69, 9.17) is 9.47 Å². The molecule has 4 nitrogen and oxygen atoms in total. The van der Waals surface area contributed by atoms with Gasteiger partial charge in [0.05, 0.1) is 12.5 Å². The third kappa shape index (κ3) is 3.33. The van der Waals surface area contributed by atoms with E-state index in [1.54, 1.807) is 6.92 Å². The Hall–Kier alpha value is -1.06. The van der Waals surface area contributed by atoms with Gasteiger partial charge in [0.25, 0.3) is 0 Å². The van der Waals surface area contributed by atoms with Crippen LogP contribution < -0.4 is 0 Å². The van der Waals surface area contributed by atoms with Gasteiger partial charge in [-0.1, -0.05) is 27.2 Å². The van der Waals surface area contributed by atoms with Gasteiger partial charge in [-0.2, -0.15) is 0 Å². The van der Waals surface area contributed by atoms with E-state index in [1.165, 1.54) is 6.42 Å². The van der Waals surface area contributed by atoms with Gasteiger partial charge >= 0.3 is 11.9 Å². The molecule has 114 valence electrons. The second-order valence-electron chi connectivity index (χ2n) is 6.64. The van der Waals surface area contributed by atoms with Gasteiger partial charge in [0.1, 0.15) is 6.10 Å². The molecule has 0 bridgehead atoms.